The number of aryl methyl sites for hydroxylation is 1. The Balaban J connectivity index is 2.04. The molecule has 2 rings (SSSR count). The molecule has 1 aromatic heterocycles. The van der Waals surface area contributed by atoms with E-state index in [2.05, 4.69) is 10.1 Å². The zero-order valence-corrected chi connectivity index (χ0v) is 10.2. The third-order valence-electron chi connectivity index (χ3n) is 1.90. The van der Waals surface area contributed by atoms with Crippen molar-refractivity contribution in [1.82, 2.24) is 10.1 Å². The van der Waals surface area contributed by atoms with E-state index in [9.17, 15) is 0 Å². The number of nitrogens with zero attached hydrogens (tertiary/aromatic N) is 2. The highest BCUT2D eigenvalue weighted by Gasteiger charge is 2.05. The molecule has 84 valence electrons. The number of halogens is 1. The van der Waals surface area contributed by atoms with Gasteiger partial charge in [0.15, 0.2) is 5.82 Å². The van der Waals surface area contributed by atoms with Gasteiger partial charge in [-0.25, -0.2) is 0 Å². The monoisotopic (exact) mass is 255 g/mol. The lowest BCUT2D eigenvalue weighted by Crippen LogP contribution is -1.90. The highest BCUT2D eigenvalue weighted by molar-refractivity contribution is 7.98. The number of rotatable bonds is 3. The lowest BCUT2D eigenvalue weighted by Gasteiger charge is -2.03. The van der Waals surface area contributed by atoms with Crippen LogP contribution in [0.2, 0.25) is 5.02 Å². The standard InChI is InChI=1S/C10H10ClN3OS/c1-6-13-10(14-15-6)5-16-9-3-2-7(11)4-8(9)12/h2-4H,5,12H2,1H3. The molecule has 0 atom stereocenters. The van der Waals surface area contributed by atoms with E-state index in [1.165, 1.54) is 0 Å². The molecule has 16 heavy (non-hydrogen) atoms. The Labute approximate surface area is 102 Å². The first-order valence-electron chi connectivity index (χ1n) is 4.62. The van der Waals surface area contributed by atoms with Crippen molar-refractivity contribution >= 4 is 29.1 Å². The molecule has 0 radical (unpaired) electrons. The number of hydrogen-bond acceptors (Lipinski definition) is 5. The molecule has 0 saturated heterocycles. The second-order valence-electron chi connectivity index (χ2n) is 3.20. The van der Waals surface area contributed by atoms with Gasteiger partial charge < -0.3 is 10.3 Å². The smallest absolute Gasteiger partial charge is 0.223 e. The van der Waals surface area contributed by atoms with Crippen LogP contribution in [-0.2, 0) is 5.75 Å². The summed E-state index contributed by atoms with van der Waals surface area (Å²) in [4.78, 5) is 5.07. The van der Waals surface area contributed by atoms with Gasteiger partial charge in [0.1, 0.15) is 0 Å². The van der Waals surface area contributed by atoms with Gasteiger partial charge in [-0.15, -0.1) is 11.8 Å². The van der Waals surface area contributed by atoms with Crippen LogP contribution in [0.4, 0.5) is 5.69 Å². The molecule has 0 aliphatic carbocycles. The summed E-state index contributed by atoms with van der Waals surface area (Å²) in [6.45, 7) is 1.76. The van der Waals surface area contributed by atoms with Gasteiger partial charge in [0.25, 0.3) is 0 Å². The number of nitrogen functional groups attached to an aromatic ring is 1. The summed E-state index contributed by atoms with van der Waals surface area (Å²) < 4.78 is 4.88. The van der Waals surface area contributed by atoms with Crippen molar-refractivity contribution in [1.29, 1.82) is 0 Å². The van der Waals surface area contributed by atoms with E-state index < -0.39 is 0 Å². The minimum Gasteiger partial charge on any atom is -0.398 e. The number of nitrogens with two attached hydrogens (primary N) is 1. The van der Waals surface area contributed by atoms with Crippen molar-refractivity contribution < 1.29 is 4.52 Å². The molecule has 0 bridgehead atoms. The summed E-state index contributed by atoms with van der Waals surface area (Å²) >= 11 is 7.36. The second-order valence-corrected chi connectivity index (χ2v) is 4.65. The number of benzene rings is 1. The Morgan fingerprint density at radius 3 is 2.94 bits per heavy atom. The topological polar surface area (TPSA) is 64.9 Å². The summed E-state index contributed by atoms with van der Waals surface area (Å²) in [5.41, 5.74) is 6.49. The Hall–Kier alpha value is -1.20. The summed E-state index contributed by atoms with van der Waals surface area (Å²) in [6.07, 6.45) is 0. The Morgan fingerprint density at radius 2 is 2.31 bits per heavy atom. The first kappa shape index (κ1) is 11.3. The maximum atomic E-state index is 5.82. The van der Waals surface area contributed by atoms with Gasteiger partial charge in [-0.05, 0) is 18.2 Å². The number of thioether (sulfide) groups is 1. The lowest BCUT2D eigenvalue weighted by atomic mass is 10.3. The molecule has 0 amide bonds. The summed E-state index contributed by atoms with van der Waals surface area (Å²) in [5.74, 6) is 1.86. The number of anilines is 1. The van der Waals surface area contributed by atoms with Crippen molar-refractivity contribution in [3.05, 3.63) is 34.9 Å². The highest BCUT2D eigenvalue weighted by Crippen LogP contribution is 2.29. The van der Waals surface area contributed by atoms with Crippen LogP contribution in [0, 0.1) is 6.92 Å². The molecule has 4 nitrogen and oxygen atoms in total. The van der Waals surface area contributed by atoms with Crippen LogP contribution in [0.3, 0.4) is 0 Å². The van der Waals surface area contributed by atoms with Crippen LogP contribution in [0.1, 0.15) is 11.7 Å². The van der Waals surface area contributed by atoms with Crippen molar-refractivity contribution in [2.45, 2.75) is 17.6 Å². The van der Waals surface area contributed by atoms with Gasteiger partial charge in [0.05, 0.1) is 5.75 Å². The van der Waals surface area contributed by atoms with Crippen LogP contribution in [0.5, 0.6) is 0 Å². The minimum atomic E-state index is 0.569. The van der Waals surface area contributed by atoms with Crippen LogP contribution in [0.15, 0.2) is 27.6 Å². The predicted octanol–water partition coefficient (Wildman–Crippen LogP) is 2.91. The van der Waals surface area contributed by atoms with Gasteiger partial charge in [0.2, 0.25) is 5.89 Å². The van der Waals surface area contributed by atoms with E-state index in [0.29, 0.717) is 28.2 Å². The van der Waals surface area contributed by atoms with Gasteiger partial charge in [-0.1, -0.05) is 16.8 Å². The van der Waals surface area contributed by atoms with E-state index in [4.69, 9.17) is 21.9 Å². The van der Waals surface area contributed by atoms with E-state index in [1.807, 2.05) is 12.1 Å². The van der Waals surface area contributed by atoms with Crippen molar-refractivity contribution in [2.75, 3.05) is 5.73 Å². The van der Waals surface area contributed by atoms with E-state index >= 15 is 0 Å². The fourth-order valence-corrected chi connectivity index (χ4v) is 2.17. The van der Waals surface area contributed by atoms with E-state index in [-0.39, 0.29) is 0 Å². The molecule has 2 aromatic rings. The predicted molar refractivity (Wildman–Crippen MR) is 64.5 cm³/mol. The van der Waals surface area contributed by atoms with Gasteiger partial charge in [0, 0.05) is 22.5 Å². The molecule has 0 unspecified atom stereocenters. The second kappa shape index (κ2) is 4.76. The average Bonchev–Trinajstić information content (AvgIpc) is 2.63. The lowest BCUT2D eigenvalue weighted by molar-refractivity contribution is 0.389. The first-order valence-corrected chi connectivity index (χ1v) is 5.98. The Kier molecular flexibility index (Phi) is 3.36. The Morgan fingerprint density at radius 1 is 1.50 bits per heavy atom. The molecule has 1 aromatic carbocycles. The van der Waals surface area contributed by atoms with Crippen LogP contribution in [-0.4, -0.2) is 10.1 Å². The maximum Gasteiger partial charge on any atom is 0.223 e. The van der Waals surface area contributed by atoms with Crippen LogP contribution in [0.25, 0.3) is 0 Å². The van der Waals surface area contributed by atoms with Gasteiger partial charge >= 0.3 is 0 Å². The van der Waals surface area contributed by atoms with Crippen LogP contribution < -0.4 is 5.73 Å². The molecule has 0 aliphatic heterocycles. The minimum absolute atomic E-state index is 0.569. The molecular weight excluding hydrogens is 246 g/mol. The third kappa shape index (κ3) is 2.68. The molecule has 2 N–H and O–H groups in total. The molecule has 1 heterocycles. The fraction of sp³-hybridized carbons (Fsp3) is 0.200. The first-order chi connectivity index (χ1) is 7.65. The SMILES string of the molecule is Cc1nc(CSc2ccc(Cl)cc2N)no1. The van der Waals surface area contributed by atoms with Crippen LogP contribution >= 0.6 is 23.4 Å². The largest absolute Gasteiger partial charge is 0.398 e. The van der Waals surface area contributed by atoms with E-state index in [0.717, 1.165) is 4.90 Å². The summed E-state index contributed by atoms with van der Waals surface area (Å²) in [7, 11) is 0. The van der Waals surface area contributed by atoms with Crippen molar-refractivity contribution in [3.63, 3.8) is 0 Å². The van der Waals surface area contributed by atoms with Crippen molar-refractivity contribution in [3.8, 4) is 0 Å². The van der Waals surface area contributed by atoms with Gasteiger partial charge in [-0.3, -0.25) is 0 Å². The molecule has 0 saturated carbocycles. The van der Waals surface area contributed by atoms with E-state index in [1.54, 1.807) is 24.8 Å². The van der Waals surface area contributed by atoms with Crippen molar-refractivity contribution in [2.24, 2.45) is 0 Å². The maximum absolute atomic E-state index is 5.82. The van der Waals surface area contributed by atoms with Gasteiger partial charge in [-0.2, -0.15) is 4.98 Å². The zero-order chi connectivity index (χ0) is 11.5. The third-order valence-corrected chi connectivity index (χ3v) is 3.22. The summed E-state index contributed by atoms with van der Waals surface area (Å²) in [5, 5.41) is 4.44. The number of hydrogen-bond donors (Lipinski definition) is 1. The zero-order valence-electron chi connectivity index (χ0n) is 8.61. The average molecular weight is 256 g/mol. The molecular formula is C10H10ClN3OS. The fourth-order valence-electron chi connectivity index (χ4n) is 1.19. The highest BCUT2D eigenvalue weighted by atomic mass is 35.5. The Bertz CT molecular complexity index is 501. The molecule has 0 fully saturated rings. The normalized spacial score (nSPS) is 10.6. The number of aromatic nitrogens is 2. The molecule has 0 aliphatic rings. The molecule has 0 spiro atoms. The molecule has 6 heteroatoms. The quantitative estimate of drug-likeness (QED) is 0.675. The summed E-state index contributed by atoms with van der Waals surface area (Å²) in [6, 6.07) is 5.42.